The third-order valence-corrected chi connectivity index (χ3v) is 4.92. The van der Waals surface area contributed by atoms with Gasteiger partial charge in [0.1, 0.15) is 5.75 Å². The molecular formula is C18H26ClNO. The lowest BCUT2D eigenvalue weighted by atomic mass is 9.82. The molecule has 1 N–H and O–H groups in total. The lowest BCUT2D eigenvalue weighted by molar-refractivity contribution is 0.100. The van der Waals surface area contributed by atoms with Crippen LogP contribution in [0.1, 0.15) is 51.5 Å². The first-order valence-corrected chi connectivity index (χ1v) is 8.67. The maximum atomic E-state index is 6.40. The molecule has 2 aliphatic carbocycles. The number of ether oxygens (including phenoxy) is 1. The van der Waals surface area contributed by atoms with E-state index in [1.54, 1.807) is 0 Å². The minimum Gasteiger partial charge on any atom is -0.489 e. The fourth-order valence-corrected chi connectivity index (χ4v) is 3.74. The standard InChI is InChI=1S/C18H26ClNO/c1-12-8-13(2)10-16(9-12)21-18-14(4-3-5-17(18)19)11-20-15-6-7-15/h3-5,12-13,15-16,20H,6-11H2,1-2H3. The molecule has 2 unspecified atom stereocenters. The zero-order valence-corrected chi connectivity index (χ0v) is 13.8. The van der Waals surface area contributed by atoms with Crippen LogP contribution < -0.4 is 10.1 Å². The summed E-state index contributed by atoms with van der Waals surface area (Å²) in [5.74, 6) is 2.39. The largest absolute Gasteiger partial charge is 0.489 e. The maximum Gasteiger partial charge on any atom is 0.142 e. The number of benzene rings is 1. The van der Waals surface area contributed by atoms with Crippen molar-refractivity contribution >= 4 is 11.6 Å². The van der Waals surface area contributed by atoms with Gasteiger partial charge in [-0.2, -0.15) is 0 Å². The molecule has 0 amide bonds. The Hall–Kier alpha value is -0.730. The SMILES string of the molecule is CC1CC(C)CC(Oc2c(Cl)cccc2CNC2CC2)C1. The quantitative estimate of drug-likeness (QED) is 0.844. The van der Waals surface area contributed by atoms with Crippen LogP contribution in [-0.2, 0) is 6.54 Å². The predicted molar refractivity (Wildman–Crippen MR) is 87.9 cm³/mol. The Bertz CT molecular complexity index is 476. The van der Waals surface area contributed by atoms with Crippen LogP contribution in [0.2, 0.25) is 5.02 Å². The van der Waals surface area contributed by atoms with Crippen LogP contribution >= 0.6 is 11.6 Å². The van der Waals surface area contributed by atoms with Crippen molar-refractivity contribution in [3.8, 4) is 5.75 Å². The minimum atomic E-state index is 0.309. The highest BCUT2D eigenvalue weighted by molar-refractivity contribution is 6.32. The third kappa shape index (κ3) is 4.14. The van der Waals surface area contributed by atoms with Gasteiger partial charge in [0.15, 0.2) is 0 Å². The Morgan fingerprint density at radius 1 is 1.14 bits per heavy atom. The van der Waals surface area contributed by atoms with Crippen LogP contribution in [0.15, 0.2) is 18.2 Å². The van der Waals surface area contributed by atoms with Crippen molar-refractivity contribution in [2.45, 2.75) is 64.6 Å². The Labute approximate surface area is 133 Å². The molecule has 3 rings (SSSR count). The summed E-state index contributed by atoms with van der Waals surface area (Å²) in [6.45, 7) is 5.51. The molecule has 0 bridgehead atoms. The van der Waals surface area contributed by atoms with Crippen LogP contribution in [0, 0.1) is 11.8 Å². The molecule has 0 heterocycles. The van der Waals surface area contributed by atoms with Gasteiger partial charge in [-0.25, -0.2) is 0 Å². The van der Waals surface area contributed by atoms with E-state index >= 15 is 0 Å². The van der Waals surface area contributed by atoms with Crippen molar-refractivity contribution in [2.24, 2.45) is 11.8 Å². The molecule has 2 aliphatic rings. The van der Waals surface area contributed by atoms with Crippen molar-refractivity contribution in [1.29, 1.82) is 0 Å². The second-order valence-electron chi connectivity index (χ2n) is 7.04. The Morgan fingerprint density at radius 3 is 2.52 bits per heavy atom. The molecule has 21 heavy (non-hydrogen) atoms. The summed E-state index contributed by atoms with van der Waals surface area (Å²) in [5.41, 5.74) is 1.19. The Balaban J connectivity index is 1.70. The molecule has 0 saturated heterocycles. The smallest absolute Gasteiger partial charge is 0.142 e. The molecule has 3 heteroatoms. The van der Waals surface area contributed by atoms with E-state index in [1.807, 2.05) is 12.1 Å². The van der Waals surface area contributed by atoms with Gasteiger partial charge in [0.2, 0.25) is 0 Å². The lowest BCUT2D eigenvalue weighted by Gasteiger charge is -2.32. The van der Waals surface area contributed by atoms with Crippen molar-refractivity contribution in [2.75, 3.05) is 0 Å². The molecule has 1 aromatic carbocycles. The zero-order valence-electron chi connectivity index (χ0n) is 13.1. The zero-order chi connectivity index (χ0) is 14.8. The fraction of sp³-hybridized carbons (Fsp3) is 0.667. The van der Waals surface area contributed by atoms with Gasteiger partial charge in [-0.3, -0.25) is 0 Å². The third-order valence-electron chi connectivity index (χ3n) is 4.63. The van der Waals surface area contributed by atoms with E-state index in [0.29, 0.717) is 12.1 Å². The van der Waals surface area contributed by atoms with E-state index in [1.165, 1.54) is 24.8 Å². The van der Waals surface area contributed by atoms with Crippen LogP contribution in [0.25, 0.3) is 0 Å². The summed E-state index contributed by atoms with van der Waals surface area (Å²) in [7, 11) is 0. The summed E-state index contributed by atoms with van der Waals surface area (Å²) >= 11 is 6.40. The maximum absolute atomic E-state index is 6.40. The highest BCUT2D eigenvalue weighted by Gasteiger charge is 2.27. The number of rotatable bonds is 5. The highest BCUT2D eigenvalue weighted by atomic mass is 35.5. The Morgan fingerprint density at radius 2 is 1.86 bits per heavy atom. The van der Waals surface area contributed by atoms with Gasteiger partial charge in [-0.1, -0.05) is 37.6 Å². The second-order valence-corrected chi connectivity index (χ2v) is 7.45. The Kier molecular flexibility index (Phi) is 4.75. The summed E-state index contributed by atoms with van der Waals surface area (Å²) in [5, 5.41) is 4.30. The monoisotopic (exact) mass is 307 g/mol. The van der Waals surface area contributed by atoms with E-state index in [-0.39, 0.29) is 0 Å². The number of hydrogen-bond acceptors (Lipinski definition) is 2. The van der Waals surface area contributed by atoms with Crippen molar-refractivity contribution in [1.82, 2.24) is 5.32 Å². The van der Waals surface area contributed by atoms with E-state index in [0.717, 1.165) is 42.0 Å². The topological polar surface area (TPSA) is 21.3 Å². The van der Waals surface area contributed by atoms with Gasteiger partial charge < -0.3 is 10.1 Å². The molecule has 0 aliphatic heterocycles. The molecule has 0 spiro atoms. The summed E-state index contributed by atoms with van der Waals surface area (Å²) in [6.07, 6.45) is 6.51. The van der Waals surface area contributed by atoms with E-state index < -0.39 is 0 Å². The summed E-state index contributed by atoms with van der Waals surface area (Å²) in [6, 6.07) is 6.79. The van der Waals surface area contributed by atoms with Gasteiger partial charge in [-0.15, -0.1) is 0 Å². The molecule has 2 nitrogen and oxygen atoms in total. The van der Waals surface area contributed by atoms with Crippen molar-refractivity contribution < 1.29 is 4.74 Å². The normalized spacial score (nSPS) is 29.4. The molecule has 116 valence electrons. The molecule has 0 radical (unpaired) electrons. The van der Waals surface area contributed by atoms with Crippen molar-refractivity contribution in [3.63, 3.8) is 0 Å². The fourth-order valence-electron chi connectivity index (χ4n) is 3.50. The van der Waals surface area contributed by atoms with Gasteiger partial charge in [-0.05, 0) is 50.0 Å². The summed E-state index contributed by atoms with van der Waals surface area (Å²) < 4.78 is 6.34. The minimum absolute atomic E-state index is 0.309. The van der Waals surface area contributed by atoms with E-state index in [9.17, 15) is 0 Å². The number of halogens is 1. The first-order chi connectivity index (χ1) is 10.1. The number of para-hydroxylation sites is 1. The van der Waals surface area contributed by atoms with Crippen molar-refractivity contribution in [3.05, 3.63) is 28.8 Å². The summed E-state index contributed by atoms with van der Waals surface area (Å²) in [4.78, 5) is 0. The second kappa shape index (κ2) is 6.58. The molecule has 0 aromatic heterocycles. The van der Waals surface area contributed by atoms with Gasteiger partial charge in [0.25, 0.3) is 0 Å². The van der Waals surface area contributed by atoms with Crippen LogP contribution in [0.3, 0.4) is 0 Å². The molecular weight excluding hydrogens is 282 g/mol. The van der Waals surface area contributed by atoms with Crippen LogP contribution in [0.4, 0.5) is 0 Å². The van der Waals surface area contributed by atoms with Gasteiger partial charge in [0.05, 0.1) is 11.1 Å². The average Bonchev–Trinajstić information content (AvgIpc) is 3.22. The first kappa shape index (κ1) is 15.2. The van der Waals surface area contributed by atoms with Gasteiger partial charge in [0, 0.05) is 18.2 Å². The molecule has 2 atom stereocenters. The number of hydrogen-bond donors (Lipinski definition) is 1. The molecule has 1 aromatic rings. The molecule has 2 fully saturated rings. The van der Waals surface area contributed by atoms with Crippen LogP contribution in [0.5, 0.6) is 5.75 Å². The van der Waals surface area contributed by atoms with E-state index in [2.05, 4.69) is 25.2 Å². The highest BCUT2D eigenvalue weighted by Crippen LogP contribution is 2.35. The van der Waals surface area contributed by atoms with Gasteiger partial charge >= 0.3 is 0 Å². The number of nitrogens with one attached hydrogen (secondary N) is 1. The predicted octanol–water partition coefficient (Wildman–Crippen LogP) is 4.80. The van der Waals surface area contributed by atoms with E-state index in [4.69, 9.17) is 16.3 Å². The lowest BCUT2D eigenvalue weighted by Crippen LogP contribution is -2.29. The van der Waals surface area contributed by atoms with Crippen LogP contribution in [-0.4, -0.2) is 12.1 Å². The first-order valence-electron chi connectivity index (χ1n) is 8.29. The molecule has 2 saturated carbocycles. The average molecular weight is 308 g/mol.